The Bertz CT molecular complexity index is 460. The van der Waals surface area contributed by atoms with Crippen molar-refractivity contribution in [1.29, 1.82) is 0 Å². The van der Waals surface area contributed by atoms with E-state index in [0.29, 0.717) is 12.3 Å². The van der Waals surface area contributed by atoms with Gasteiger partial charge in [-0.15, -0.1) is 11.3 Å². The molecule has 1 aliphatic heterocycles. The third-order valence-electron chi connectivity index (χ3n) is 3.74. The molecule has 0 amide bonds. The van der Waals surface area contributed by atoms with Crippen molar-refractivity contribution < 1.29 is 10.2 Å². The first-order valence-corrected chi connectivity index (χ1v) is 7.65. The second-order valence-corrected chi connectivity index (χ2v) is 6.02. The van der Waals surface area contributed by atoms with Crippen LogP contribution in [-0.2, 0) is 6.54 Å². The van der Waals surface area contributed by atoms with Crippen molar-refractivity contribution in [3.8, 4) is 11.8 Å². The van der Waals surface area contributed by atoms with Gasteiger partial charge in [-0.3, -0.25) is 4.90 Å². The molecule has 19 heavy (non-hydrogen) atoms. The summed E-state index contributed by atoms with van der Waals surface area (Å²) in [6, 6.07) is 2.32. The Hall–Kier alpha value is -0.860. The molecule has 0 radical (unpaired) electrons. The van der Waals surface area contributed by atoms with E-state index in [1.54, 1.807) is 11.3 Å². The van der Waals surface area contributed by atoms with E-state index in [2.05, 4.69) is 29.0 Å². The van der Waals surface area contributed by atoms with Crippen LogP contribution < -0.4 is 0 Å². The number of hydrogen-bond donors (Lipinski definition) is 2. The van der Waals surface area contributed by atoms with Crippen molar-refractivity contribution in [2.24, 2.45) is 5.92 Å². The summed E-state index contributed by atoms with van der Waals surface area (Å²) in [5, 5.41) is 20.3. The predicted molar refractivity (Wildman–Crippen MR) is 78.0 cm³/mol. The van der Waals surface area contributed by atoms with Crippen molar-refractivity contribution in [3.05, 3.63) is 21.9 Å². The van der Waals surface area contributed by atoms with Gasteiger partial charge in [0.1, 0.15) is 0 Å². The molecule has 104 valence electrons. The van der Waals surface area contributed by atoms with Crippen molar-refractivity contribution >= 4 is 11.3 Å². The van der Waals surface area contributed by atoms with Gasteiger partial charge in [0, 0.05) is 29.4 Å². The minimum absolute atomic E-state index is 0.114. The SMILES string of the molecule is CC1CCN(Cc2sccc2C#CCCO)C1CO. The molecule has 2 rings (SSSR count). The second-order valence-electron chi connectivity index (χ2n) is 5.02. The summed E-state index contributed by atoms with van der Waals surface area (Å²) < 4.78 is 0. The summed E-state index contributed by atoms with van der Waals surface area (Å²) in [6.07, 6.45) is 1.68. The Balaban J connectivity index is 2.04. The number of aliphatic hydroxyl groups is 2. The lowest BCUT2D eigenvalue weighted by Gasteiger charge is -2.24. The van der Waals surface area contributed by atoms with Crippen molar-refractivity contribution in [2.45, 2.75) is 32.4 Å². The van der Waals surface area contributed by atoms with Crippen LogP contribution in [0, 0.1) is 17.8 Å². The summed E-state index contributed by atoms with van der Waals surface area (Å²) >= 11 is 1.72. The van der Waals surface area contributed by atoms with Crippen LogP contribution in [0.1, 0.15) is 30.2 Å². The molecule has 2 atom stereocenters. The Kier molecular flexibility index (Phi) is 5.41. The van der Waals surface area contributed by atoms with Gasteiger partial charge in [-0.2, -0.15) is 0 Å². The molecule has 1 aromatic heterocycles. The molecule has 1 saturated heterocycles. The zero-order valence-electron chi connectivity index (χ0n) is 11.3. The molecule has 0 bridgehead atoms. The third-order valence-corrected chi connectivity index (χ3v) is 4.64. The van der Waals surface area contributed by atoms with Gasteiger partial charge in [0.2, 0.25) is 0 Å². The number of thiophene rings is 1. The van der Waals surface area contributed by atoms with E-state index >= 15 is 0 Å². The first-order chi connectivity index (χ1) is 9.26. The Morgan fingerprint density at radius 2 is 2.32 bits per heavy atom. The predicted octanol–water partition coefficient (Wildman–Crippen LogP) is 1.68. The van der Waals surface area contributed by atoms with E-state index < -0.39 is 0 Å². The van der Waals surface area contributed by atoms with Gasteiger partial charge in [-0.1, -0.05) is 18.8 Å². The van der Waals surface area contributed by atoms with Crippen LogP contribution in [0.5, 0.6) is 0 Å². The van der Waals surface area contributed by atoms with Crippen LogP contribution >= 0.6 is 11.3 Å². The molecule has 0 aliphatic carbocycles. The highest BCUT2D eigenvalue weighted by molar-refractivity contribution is 7.10. The van der Waals surface area contributed by atoms with E-state index in [0.717, 1.165) is 25.1 Å². The van der Waals surface area contributed by atoms with Crippen LogP contribution in [-0.4, -0.2) is 40.9 Å². The maximum absolute atomic E-state index is 9.48. The molecule has 1 fully saturated rings. The molecule has 2 N–H and O–H groups in total. The Morgan fingerprint density at radius 1 is 1.47 bits per heavy atom. The molecule has 4 heteroatoms. The number of aliphatic hydroxyl groups excluding tert-OH is 2. The average Bonchev–Trinajstić information content (AvgIpc) is 2.98. The molecule has 2 unspecified atom stereocenters. The standard InChI is InChI=1S/C15H21NO2S/c1-12-5-7-16(14(12)11-18)10-15-13(6-9-19-15)4-2-3-8-17/h6,9,12,14,17-18H,3,5,7-8,10-11H2,1H3. The van der Waals surface area contributed by atoms with Crippen LogP contribution in [0.25, 0.3) is 0 Å². The van der Waals surface area contributed by atoms with Crippen LogP contribution in [0.4, 0.5) is 0 Å². The van der Waals surface area contributed by atoms with Crippen molar-refractivity contribution in [2.75, 3.05) is 19.8 Å². The van der Waals surface area contributed by atoms with Crippen LogP contribution in [0.2, 0.25) is 0 Å². The first-order valence-electron chi connectivity index (χ1n) is 6.77. The maximum atomic E-state index is 9.48. The summed E-state index contributed by atoms with van der Waals surface area (Å²) in [6.45, 7) is 4.47. The minimum Gasteiger partial charge on any atom is -0.395 e. The molecular formula is C15H21NO2S. The number of rotatable bonds is 4. The topological polar surface area (TPSA) is 43.7 Å². The second kappa shape index (κ2) is 7.06. The zero-order valence-corrected chi connectivity index (χ0v) is 12.1. The van der Waals surface area contributed by atoms with Crippen LogP contribution in [0.3, 0.4) is 0 Å². The van der Waals surface area contributed by atoms with Gasteiger partial charge in [-0.25, -0.2) is 0 Å². The highest BCUT2D eigenvalue weighted by Gasteiger charge is 2.30. The lowest BCUT2D eigenvalue weighted by Crippen LogP contribution is -2.34. The molecule has 2 heterocycles. The monoisotopic (exact) mass is 279 g/mol. The fourth-order valence-electron chi connectivity index (χ4n) is 2.55. The minimum atomic E-state index is 0.114. The van der Waals surface area contributed by atoms with Crippen molar-refractivity contribution in [1.82, 2.24) is 4.90 Å². The average molecular weight is 279 g/mol. The van der Waals surface area contributed by atoms with Gasteiger partial charge in [0.15, 0.2) is 0 Å². The quantitative estimate of drug-likeness (QED) is 0.824. The van der Waals surface area contributed by atoms with E-state index in [1.807, 2.05) is 6.07 Å². The fraction of sp³-hybridized carbons (Fsp3) is 0.600. The molecule has 1 aromatic rings. The van der Waals surface area contributed by atoms with Gasteiger partial charge in [0.05, 0.1) is 13.2 Å². The third kappa shape index (κ3) is 3.58. The lowest BCUT2D eigenvalue weighted by atomic mass is 10.0. The van der Waals surface area contributed by atoms with Gasteiger partial charge in [-0.05, 0) is 30.3 Å². The highest BCUT2D eigenvalue weighted by Crippen LogP contribution is 2.27. The molecule has 0 aromatic carbocycles. The van der Waals surface area contributed by atoms with E-state index in [-0.39, 0.29) is 19.3 Å². The molecule has 3 nitrogen and oxygen atoms in total. The summed E-state index contributed by atoms with van der Waals surface area (Å²) in [5.41, 5.74) is 1.06. The lowest BCUT2D eigenvalue weighted by molar-refractivity contribution is 0.135. The number of likely N-dealkylation sites (tertiary alicyclic amines) is 1. The largest absolute Gasteiger partial charge is 0.395 e. The molecular weight excluding hydrogens is 258 g/mol. The first kappa shape index (κ1) is 14.5. The Morgan fingerprint density at radius 3 is 3.05 bits per heavy atom. The smallest absolute Gasteiger partial charge is 0.0589 e. The Labute approximate surface area is 118 Å². The summed E-state index contributed by atoms with van der Waals surface area (Å²) in [5.74, 6) is 6.66. The number of nitrogens with zero attached hydrogens (tertiary/aromatic N) is 1. The highest BCUT2D eigenvalue weighted by atomic mass is 32.1. The van der Waals surface area contributed by atoms with Gasteiger partial charge >= 0.3 is 0 Å². The molecule has 1 aliphatic rings. The van der Waals surface area contributed by atoms with Crippen molar-refractivity contribution in [3.63, 3.8) is 0 Å². The van der Waals surface area contributed by atoms with Gasteiger partial charge < -0.3 is 10.2 Å². The van der Waals surface area contributed by atoms with E-state index in [4.69, 9.17) is 5.11 Å². The van der Waals surface area contributed by atoms with E-state index in [9.17, 15) is 5.11 Å². The maximum Gasteiger partial charge on any atom is 0.0589 e. The normalized spacial score (nSPS) is 23.3. The van der Waals surface area contributed by atoms with Gasteiger partial charge in [0.25, 0.3) is 0 Å². The molecule has 0 spiro atoms. The zero-order chi connectivity index (χ0) is 13.7. The molecule has 0 saturated carbocycles. The van der Waals surface area contributed by atoms with Crippen LogP contribution in [0.15, 0.2) is 11.4 Å². The summed E-state index contributed by atoms with van der Waals surface area (Å²) in [7, 11) is 0. The fourth-order valence-corrected chi connectivity index (χ4v) is 3.41. The number of hydrogen-bond acceptors (Lipinski definition) is 4. The summed E-state index contributed by atoms with van der Waals surface area (Å²) in [4.78, 5) is 3.62. The van der Waals surface area contributed by atoms with E-state index in [1.165, 1.54) is 4.88 Å².